The Kier molecular flexibility index (Phi) is 6.21. The van der Waals surface area contributed by atoms with Gasteiger partial charge < -0.3 is 15.4 Å². The van der Waals surface area contributed by atoms with Crippen molar-refractivity contribution in [3.63, 3.8) is 0 Å². The van der Waals surface area contributed by atoms with Gasteiger partial charge in [0.15, 0.2) is 0 Å². The standard InChI is InChI=1S/C19H20BrF3N2O/c20-16-5-4-15(18(7-16)19(21,22)23)12-26-17-3-1-2-13(6-17)8-24-9-14-10-25-11-14/h1-7,14,24-25H,8-12H2. The molecule has 0 aliphatic carbocycles. The minimum atomic E-state index is -4.41. The summed E-state index contributed by atoms with van der Waals surface area (Å²) >= 11 is 3.09. The number of alkyl halides is 3. The normalized spacial score (nSPS) is 14.9. The molecule has 1 fully saturated rings. The molecular formula is C19H20BrF3N2O. The minimum Gasteiger partial charge on any atom is -0.489 e. The van der Waals surface area contributed by atoms with Crippen LogP contribution >= 0.6 is 15.9 Å². The molecule has 0 radical (unpaired) electrons. The molecule has 2 aromatic rings. The van der Waals surface area contributed by atoms with Gasteiger partial charge in [-0.05, 0) is 35.7 Å². The number of halogens is 4. The molecule has 0 saturated carbocycles. The van der Waals surface area contributed by atoms with Gasteiger partial charge in [0.05, 0.1) is 5.56 Å². The van der Waals surface area contributed by atoms with Crippen LogP contribution in [0.4, 0.5) is 13.2 Å². The van der Waals surface area contributed by atoms with Gasteiger partial charge >= 0.3 is 6.18 Å². The fourth-order valence-electron chi connectivity index (χ4n) is 2.76. The zero-order chi connectivity index (χ0) is 18.6. The zero-order valence-corrected chi connectivity index (χ0v) is 15.7. The summed E-state index contributed by atoms with van der Waals surface area (Å²) < 4.78 is 45.5. The van der Waals surface area contributed by atoms with Crippen LogP contribution < -0.4 is 15.4 Å². The monoisotopic (exact) mass is 428 g/mol. The first-order valence-corrected chi connectivity index (χ1v) is 9.20. The first-order chi connectivity index (χ1) is 12.4. The lowest BCUT2D eigenvalue weighted by atomic mass is 10.0. The predicted octanol–water partition coefficient (Wildman–Crippen LogP) is 4.36. The van der Waals surface area contributed by atoms with E-state index in [9.17, 15) is 13.2 Å². The third-order valence-electron chi connectivity index (χ3n) is 4.30. The maximum atomic E-state index is 13.2. The van der Waals surface area contributed by atoms with Gasteiger partial charge in [-0.1, -0.05) is 34.1 Å². The molecule has 0 unspecified atom stereocenters. The topological polar surface area (TPSA) is 33.3 Å². The van der Waals surface area contributed by atoms with Gasteiger partial charge in [-0.3, -0.25) is 0 Å². The van der Waals surface area contributed by atoms with Crippen LogP contribution in [0.15, 0.2) is 46.9 Å². The second-order valence-corrected chi connectivity index (χ2v) is 7.31. The molecule has 2 aromatic carbocycles. The molecule has 3 nitrogen and oxygen atoms in total. The predicted molar refractivity (Wildman–Crippen MR) is 98.0 cm³/mol. The maximum Gasteiger partial charge on any atom is 0.416 e. The number of benzene rings is 2. The Morgan fingerprint density at radius 3 is 2.65 bits per heavy atom. The van der Waals surface area contributed by atoms with Crippen LogP contribution in [0.1, 0.15) is 16.7 Å². The van der Waals surface area contributed by atoms with Crippen molar-refractivity contribution in [2.45, 2.75) is 19.3 Å². The summed E-state index contributed by atoms with van der Waals surface area (Å²) in [5.41, 5.74) is 0.474. The van der Waals surface area contributed by atoms with Crippen molar-refractivity contribution in [2.24, 2.45) is 5.92 Å². The Morgan fingerprint density at radius 1 is 1.15 bits per heavy atom. The summed E-state index contributed by atoms with van der Waals surface area (Å²) in [6, 6.07) is 11.5. The van der Waals surface area contributed by atoms with Crippen LogP contribution in [0, 0.1) is 5.92 Å². The van der Waals surface area contributed by atoms with E-state index in [1.807, 2.05) is 18.2 Å². The molecule has 26 heavy (non-hydrogen) atoms. The van der Waals surface area contributed by atoms with E-state index in [2.05, 4.69) is 26.6 Å². The fraction of sp³-hybridized carbons (Fsp3) is 0.368. The van der Waals surface area contributed by atoms with Crippen molar-refractivity contribution < 1.29 is 17.9 Å². The number of ether oxygens (including phenoxy) is 1. The SMILES string of the molecule is FC(F)(F)c1cc(Br)ccc1COc1cccc(CNCC2CNC2)c1. The first-order valence-electron chi connectivity index (χ1n) is 8.40. The highest BCUT2D eigenvalue weighted by Gasteiger charge is 2.33. The Hall–Kier alpha value is -1.57. The number of hydrogen-bond donors (Lipinski definition) is 2. The van der Waals surface area contributed by atoms with Crippen molar-refractivity contribution >= 4 is 15.9 Å². The lowest BCUT2D eigenvalue weighted by Gasteiger charge is -2.27. The number of rotatable bonds is 7. The molecule has 0 spiro atoms. The first kappa shape index (κ1) is 19.2. The third-order valence-corrected chi connectivity index (χ3v) is 4.79. The lowest BCUT2D eigenvalue weighted by Crippen LogP contribution is -2.47. The van der Waals surface area contributed by atoms with Crippen LogP contribution in [-0.2, 0) is 19.3 Å². The third kappa shape index (κ3) is 5.22. The summed E-state index contributed by atoms with van der Waals surface area (Å²) in [4.78, 5) is 0. The van der Waals surface area contributed by atoms with E-state index < -0.39 is 11.7 Å². The van der Waals surface area contributed by atoms with E-state index >= 15 is 0 Å². The molecule has 140 valence electrons. The van der Waals surface area contributed by atoms with Crippen molar-refractivity contribution in [1.29, 1.82) is 0 Å². The molecule has 0 bridgehead atoms. The smallest absolute Gasteiger partial charge is 0.416 e. The van der Waals surface area contributed by atoms with Crippen molar-refractivity contribution in [1.82, 2.24) is 10.6 Å². The van der Waals surface area contributed by atoms with Gasteiger partial charge in [0, 0.05) is 36.2 Å². The number of nitrogens with one attached hydrogen (secondary N) is 2. The van der Waals surface area contributed by atoms with Gasteiger partial charge in [0.1, 0.15) is 12.4 Å². The quantitative estimate of drug-likeness (QED) is 0.687. The van der Waals surface area contributed by atoms with Crippen molar-refractivity contribution in [3.05, 3.63) is 63.6 Å². The van der Waals surface area contributed by atoms with Crippen LogP contribution in [0.2, 0.25) is 0 Å². The maximum absolute atomic E-state index is 13.2. The van der Waals surface area contributed by atoms with Gasteiger partial charge in [-0.15, -0.1) is 0 Å². The van der Waals surface area contributed by atoms with Crippen molar-refractivity contribution in [2.75, 3.05) is 19.6 Å². The molecular weight excluding hydrogens is 409 g/mol. The van der Waals surface area contributed by atoms with Gasteiger partial charge in [0.2, 0.25) is 0 Å². The lowest BCUT2D eigenvalue weighted by molar-refractivity contribution is -0.138. The highest BCUT2D eigenvalue weighted by molar-refractivity contribution is 9.10. The summed E-state index contributed by atoms with van der Waals surface area (Å²) in [6.45, 7) is 3.62. The summed E-state index contributed by atoms with van der Waals surface area (Å²) in [5, 5.41) is 6.62. The van der Waals surface area contributed by atoms with Crippen LogP contribution in [0.25, 0.3) is 0 Å². The van der Waals surface area contributed by atoms with E-state index in [1.165, 1.54) is 6.07 Å². The number of hydrogen-bond acceptors (Lipinski definition) is 3. The van der Waals surface area contributed by atoms with Gasteiger partial charge in [-0.2, -0.15) is 13.2 Å². The Balaban J connectivity index is 1.60. The molecule has 2 N–H and O–H groups in total. The average Bonchev–Trinajstić information content (AvgIpc) is 2.55. The molecule has 3 rings (SSSR count). The Labute approximate surface area is 159 Å². The van der Waals surface area contributed by atoms with Crippen LogP contribution in [0.5, 0.6) is 5.75 Å². The highest BCUT2D eigenvalue weighted by atomic mass is 79.9. The Morgan fingerprint density at radius 2 is 1.96 bits per heavy atom. The van der Waals surface area contributed by atoms with E-state index in [-0.39, 0.29) is 12.2 Å². The van der Waals surface area contributed by atoms with E-state index in [4.69, 9.17) is 4.74 Å². The van der Waals surface area contributed by atoms with E-state index in [0.29, 0.717) is 22.7 Å². The summed E-state index contributed by atoms with van der Waals surface area (Å²) in [5.74, 6) is 1.23. The average molecular weight is 429 g/mol. The zero-order valence-electron chi connectivity index (χ0n) is 14.1. The molecule has 0 amide bonds. The van der Waals surface area contributed by atoms with E-state index in [1.54, 1.807) is 12.1 Å². The molecule has 1 heterocycles. The molecule has 1 aliphatic heterocycles. The summed E-state index contributed by atoms with van der Waals surface area (Å²) in [7, 11) is 0. The van der Waals surface area contributed by atoms with Crippen molar-refractivity contribution in [3.8, 4) is 5.75 Å². The van der Waals surface area contributed by atoms with E-state index in [0.717, 1.165) is 31.3 Å². The van der Waals surface area contributed by atoms with Crippen LogP contribution in [-0.4, -0.2) is 19.6 Å². The van der Waals surface area contributed by atoms with Gasteiger partial charge in [0.25, 0.3) is 0 Å². The van der Waals surface area contributed by atoms with Crippen LogP contribution in [0.3, 0.4) is 0 Å². The minimum absolute atomic E-state index is 0.113. The highest BCUT2D eigenvalue weighted by Crippen LogP contribution is 2.34. The largest absolute Gasteiger partial charge is 0.489 e. The second-order valence-electron chi connectivity index (χ2n) is 6.39. The fourth-order valence-corrected chi connectivity index (χ4v) is 3.12. The molecule has 1 saturated heterocycles. The molecule has 1 aliphatic rings. The molecule has 0 atom stereocenters. The second kappa shape index (κ2) is 8.41. The molecule has 7 heteroatoms. The van der Waals surface area contributed by atoms with Gasteiger partial charge in [-0.25, -0.2) is 0 Å². The molecule has 0 aromatic heterocycles. The Bertz CT molecular complexity index is 748. The summed E-state index contributed by atoms with van der Waals surface area (Å²) in [6.07, 6.45) is -4.41.